The number of carbonyl (C=O) groups is 3. The molecule has 0 saturated heterocycles. The van der Waals surface area contributed by atoms with Crippen molar-refractivity contribution in [2.45, 2.75) is 27.7 Å². The smallest absolute Gasteiger partial charge is 0.316 e. The zero-order valence-electron chi connectivity index (χ0n) is 26.7. The Morgan fingerprint density at radius 2 is 1.15 bits per heavy atom. The SMILES string of the molecule is COc1ccc2c(N)c(C(=O)c3ccc(C)cc3C)oc2n1.COc1ccc2c(NC(N)=O)c(C(=O)c3ccc(C)cc3C)oc2n1. The molecule has 0 radical (unpaired) electrons. The summed E-state index contributed by atoms with van der Waals surface area (Å²) in [6.07, 6.45) is 0. The number of primary amides is 1. The van der Waals surface area contributed by atoms with Crippen LogP contribution in [0, 0.1) is 27.7 Å². The largest absolute Gasteiger partial charge is 0.481 e. The van der Waals surface area contributed by atoms with Gasteiger partial charge < -0.3 is 35.1 Å². The first-order valence-corrected chi connectivity index (χ1v) is 14.4. The van der Waals surface area contributed by atoms with Gasteiger partial charge in [-0.2, -0.15) is 9.97 Å². The highest BCUT2D eigenvalue weighted by Gasteiger charge is 2.25. The number of rotatable bonds is 7. The van der Waals surface area contributed by atoms with Crippen LogP contribution in [0.4, 0.5) is 16.2 Å². The molecule has 4 aromatic heterocycles. The highest BCUT2D eigenvalue weighted by Crippen LogP contribution is 2.34. The lowest BCUT2D eigenvalue weighted by Gasteiger charge is -2.06. The van der Waals surface area contributed by atoms with Crippen molar-refractivity contribution in [1.82, 2.24) is 9.97 Å². The fourth-order valence-corrected chi connectivity index (χ4v) is 5.13. The number of ether oxygens (including phenoxy) is 2. The zero-order valence-corrected chi connectivity index (χ0v) is 26.7. The number of nitrogens with two attached hydrogens (primary N) is 2. The zero-order chi connectivity index (χ0) is 34.0. The van der Waals surface area contributed by atoms with Crippen LogP contribution in [0.2, 0.25) is 0 Å². The van der Waals surface area contributed by atoms with Crippen molar-refractivity contribution in [3.8, 4) is 11.8 Å². The van der Waals surface area contributed by atoms with Crippen LogP contribution in [-0.4, -0.2) is 41.8 Å². The molecule has 0 saturated carbocycles. The first kappa shape index (κ1) is 32.2. The molecule has 6 rings (SSSR count). The van der Waals surface area contributed by atoms with E-state index in [9.17, 15) is 14.4 Å². The van der Waals surface area contributed by atoms with Crippen LogP contribution in [0.3, 0.4) is 0 Å². The summed E-state index contributed by atoms with van der Waals surface area (Å²) in [5, 5.41) is 3.53. The van der Waals surface area contributed by atoms with E-state index in [0.717, 1.165) is 22.3 Å². The number of hydrogen-bond donors (Lipinski definition) is 3. The van der Waals surface area contributed by atoms with E-state index in [1.807, 2.05) is 52.0 Å². The van der Waals surface area contributed by atoms with E-state index in [1.165, 1.54) is 14.2 Å². The predicted molar refractivity (Wildman–Crippen MR) is 177 cm³/mol. The lowest BCUT2D eigenvalue weighted by Crippen LogP contribution is -2.20. The number of nitrogen functional groups attached to an aromatic ring is 1. The van der Waals surface area contributed by atoms with Gasteiger partial charge in [0.15, 0.2) is 0 Å². The number of benzene rings is 2. The molecule has 0 bridgehead atoms. The van der Waals surface area contributed by atoms with E-state index in [4.69, 9.17) is 29.8 Å². The van der Waals surface area contributed by atoms with Crippen molar-refractivity contribution in [3.63, 3.8) is 0 Å². The van der Waals surface area contributed by atoms with Crippen LogP contribution < -0.4 is 26.3 Å². The van der Waals surface area contributed by atoms with Gasteiger partial charge in [-0.3, -0.25) is 9.59 Å². The first-order chi connectivity index (χ1) is 22.4. The quantitative estimate of drug-likeness (QED) is 0.165. The van der Waals surface area contributed by atoms with Crippen molar-refractivity contribution in [2.24, 2.45) is 5.73 Å². The normalized spacial score (nSPS) is 10.8. The maximum absolute atomic E-state index is 13.0. The standard InChI is InChI=1S/C18H17N3O4.C17H16N2O3/c1-9-4-5-11(10(2)8-9)15(22)16-14(21-18(19)23)12-6-7-13(24-3)20-17(12)25-16;1-9-4-5-11(10(2)8-9)15(20)16-14(18)12-6-7-13(21-3)19-17(12)22-16/h4-8H,1-3H3,(H3,19,21,23);4-8H,18H2,1-3H3. The minimum absolute atomic E-state index is 0.0264. The summed E-state index contributed by atoms with van der Waals surface area (Å²) in [6, 6.07) is 17.0. The molecule has 240 valence electrons. The number of fused-ring (bicyclic) bond motifs is 2. The number of nitrogens with zero attached hydrogens (tertiary/aromatic N) is 2. The third-order valence-electron chi connectivity index (χ3n) is 7.43. The maximum atomic E-state index is 13.0. The van der Waals surface area contributed by atoms with Gasteiger partial charge in [-0.1, -0.05) is 47.5 Å². The fraction of sp³-hybridized carbons (Fsp3) is 0.171. The average Bonchev–Trinajstić information content (AvgIpc) is 3.56. The van der Waals surface area contributed by atoms with E-state index >= 15 is 0 Å². The summed E-state index contributed by atoms with van der Waals surface area (Å²) < 4.78 is 21.3. The van der Waals surface area contributed by atoms with E-state index in [2.05, 4.69) is 15.3 Å². The molecule has 0 aliphatic rings. The number of furan rings is 2. The number of aromatic nitrogens is 2. The van der Waals surface area contributed by atoms with Crippen LogP contribution in [0.1, 0.15) is 54.5 Å². The second-order valence-electron chi connectivity index (χ2n) is 10.8. The highest BCUT2D eigenvalue weighted by atomic mass is 16.5. The molecule has 0 unspecified atom stereocenters. The van der Waals surface area contributed by atoms with Gasteiger partial charge in [-0.25, -0.2) is 4.79 Å². The molecule has 0 fully saturated rings. The van der Waals surface area contributed by atoms with Gasteiger partial charge in [0, 0.05) is 23.3 Å². The third kappa shape index (κ3) is 6.47. The van der Waals surface area contributed by atoms with E-state index < -0.39 is 6.03 Å². The number of aryl methyl sites for hydroxylation is 4. The Balaban J connectivity index is 0.000000186. The van der Waals surface area contributed by atoms with Gasteiger partial charge in [0.25, 0.3) is 0 Å². The number of ketones is 2. The second kappa shape index (κ2) is 13.1. The number of carbonyl (C=O) groups excluding carboxylic acids is 3. The minimum Gasteiger partial charge on any atom is -0.481 e. The summed E-state index contributed by atoms with van der Waals surface area (Å²) >= 11 is 0. The van der Waals surface area contributed by atoms with Crippen molar-refractivity contribution in [1.29, 1.82) is 0 Å². The summed E-state index contributed by atoms with van der Waals surface area (Å²) in [6.45, 7) is 7.65. The minimum atomic E-state index is -0.798. The molecule has 2 amide bonds. The summed E-state index contributed by atoms with van der Waals surface area (Å²) in [5.74, 6) is 0.221. The second-order valence-corrected chi connectivity index (χ2v) is 10.8. The van der Waals surface area contributed by atoms with Crippen LogP contribution in [0.5, 0.6) is 11.8 Å². The molecule has 12 heteroatoms. The molecule has 5 N–H and O–H groups in total. The molecule has 12 nitrogen and oxygen atoms in total. The van der Waals surface area contributed by atoms with Crippen LogP contribution in [-0.2, 0) is 0 Å². The molecular weight excluding hydrogens is 602 g/mol. The topological polar surface area (TPSA) is 186 Å². The number of anilines is 2. The summed E-state index contributed by atoms with van der Waals surface area (Å²) in [7, 11) is 2.99. The van der Waals surface area contributed by atoms with Crippen LogP contribution in [0.15, 0.2) is 69.5 Å². The average molecular weight is 636 g/mol. The Labute approximate surface area is 269 Å². The Hall–Kier alpha value is -6.17. The number of amides is 2. The Bertz CT molecular complexity index is 2180. The van der Waals surface area contributed by atoms with Gasteiger partial charge in [-0.05, 0) is 51.0 Å². The van der Waals surface area contributed by atoms with Crippen molar-refractivity contribution < 1.29 is 32.7 Å². The molecule has 6 aromatic rings. The lowest BCUT2D eigenvalue weighted by atomic mass is 10.00. The molecule has 4 heterocycles. The molecule has 0 atom stereocenters. The van der Waals surface area contributed by atoms with Gasteiger partial charge in [-0.15, -0.1) is 0 Å². The number of pyridine rings is 2. The summed E-state index contributed by atoms with van der Waals surface area (Å²) in [5.41, 5.74) is 17.1. The number of hydrogen-bond acceptors (Lipinski definition) is 10. The highest BCUT2D eigenvalue weighted by molar-refractivity contribution is 6.17. The Morgan fingerprint density at radius 3 is 1.64 bits per heavy atom. The van der Waals surface area contributed by atoms with Crippen LogP contribution >= 0.6 is 0 Å². The Kier molecular flexibility index (Phi) is 8.95. The van der Waals surface area contributed by atoms with Crippen molar-refractivity contribution in [3.05, 3.63) is 106 Å². The first-order valence-electron chi connectivity index (χ1n) is 14.4. The predicted octanol–water partition coefficient (Wildman–Crippen LogP) is 6.44. The number of urea groups is 1. The Morgan fingerprint density at radius 1 is 0.681 bits per heavy atom. The number of methoxy groups -OCH3 is 2. The van der Waals surface area contributed by atoms with E-state index in [0.29, 0.717) is 45.1 Å². The maximum Gasteiger partial charge on any atom is 0.316 e. The summed E-state index contributed by atoms with van der Waals surface area (Å²) in [4.78, 5) is 45.3. The van der Waals surface area contributed by atoms with Crippen LogP contribution in [0.25, 0.3) is 22.2 Å². The van der Waals surface area contributed by atoms with Gasteiger partial charge in [0.05, 0.1) is 30.7 Å². The van der Waals surface area contributed by atoms with Crippen molar-refractivity contribution in [2.75, 3.05) is 25.3 Å². The molecule has 47 heavy (non-hydrogen) atoms. The number of nitrogens with one attached hydrogen (secondary N) is 1. The van der Waals surface area contributed by atoms with Crippen molar-refractivity contribution >= 4 is 51.2 Å². The lowest BCUT2D eigenvalue weighted by molar-refractivity contribution is 0.100. The van der Waals surface area contributed by atoms with Gasteiger partial charge in [0.2, 0.25) is 46.3 Å². The van der Waals surface area contributed by atoms with Gasteiger partial charge >= 0.3 is 6.03 Å². The molecule has 2 aromatic carbocycles. The molecule has 0 spiro atoms. The molecule has 0 aliphatic carbocycles. The van der Waals surface area contributed by atoms with Gasteiger partial charge in [0.1, 0.15) is 5.69 Å². The molecule has 0 aliphatic heterocycles. The van der Waals surface area contributed by atoms with E-state index in [-0.39, 0.29) is 34.5 Å². The fourth-order valence-electron chi connectivity index (χ4n) is 5.13. The monoisotopic (exact) mass is 635 g/mol. The van der Waals surface area contributed by atoms with E-state index in [1.54, 1.807) is 36.4 Å². The third-order valence-corrected chi connectivity index (χ3v) is 7.43. The molecular formula is C35H33N5O7.